The van der Waals surface area contributed by atoms with Gasteiger partial charge in [-0.3, -0.25) is 19.3 Å². The molecule has 3 amide bonds. The molecular formula is C22H19BrN2O6S. The molecule has 0 spiro atoms. The summed E-state index contributed by atoms with van der Waals surface area (Å²) in [6.45, 7) is 1.05. The quantitative estimate of drug-likeness (QED) is 0.504. The lowest BCUT2D eigenvalue weighted by Crippen LogP contribution is -2.36. The highest BCUT2D eigenvalue weighted by Crippen LogP contribution is 2.34. The maximum absolute atomic E-state index is 12.7. The molecule has 1 fully saturated rings. The lowest BCUT2D eigenvalue weighted by Gasteiger charge is -2.12. The van der Waals surface area contributed by atoms with Crippen LogP contribution in [0.2, 0.25) is 0 Å². The smallest absolute Gasteiger partial charge is 0.341 e. The maximum Gasteiger partial charge on any atom is 0.341 e. The Labute approximate surface area is 196 Å². The van der Waals surface area contributed by atoms with Crippen LogP contribution in [0.15, 0.2) is 51.8 Å². The SMILES string of the molecule is CCc1ccc(NC(=O)CN2C(=O)S/C(=C/c3cc(Br)ccc3OCC(=O)O)C2=O)cc1. The standard InChI is InChI=1S/C22H19BrN2O6S/c1-2-13-3-6-16(7-4-13)24-19(26)11-25-21(29)18(32-22(25)30)10-14-9-15(23)5-8-17(14)31-12-20(27)28/h3-10H,2,11-12H2,1H3,(H,24,26)(H,27,28)/b18-10+. The molecule has 1 aliphatic rings. The number of imide groups is 1. The minimum absolute atomic E-state index is 0.105. The van der Waals surface area contributed by atoms with Gasteiger partial charge >= 0.3 is 5.97 Å². The van der Waals surface area contributed by atoms with Crippen molar-refractivity contribution in [1.82, 2.24) is 4.90 Å². The third-order valence-corrected chi connectivity index (χ3v) is 5.83. The zero-order valence-electron chi connectivity index (χ0n) is 17.0. The Morgan fingerprint density at radius 1 is 1.19 bits per heavy atom. The zero-order valence-corrected chi connectivity index (χ0v) is 19.4. The summed E-state index contributed by atoms with van der Waals surface area (Å²) in [5, 5.41) is 10.9. The largest absolute Gasteiger partial charge is 0.481 e. The molecular weight excluding hydrogens is 500 g/mol. The maximum atomic E-state index is 12.7. The molecule has 8 nitrogen and oxygen atoms in total. The first-order chi connectivity index (χ1) is 15.3. The van der Waals surface area contributed by atoms with E-state index in [1.807, 2.05) is 19.1 Å². The number of thioether (sulfide) groups is 1. The van der Waals surface area contributed by atoms with Crippen LogP contribution >= 0.6 is 27.7 Å². The number of ether oxygens (including phenoxy) is 1. The Morgan fingerprint density at radius 2 is 1.91 bits per heavy atom. The van der Waals surface area contributed by atoms with E-state index in [2.05, 4.69) is 21.2 Å². The molecule has 10 heteroatoms. The Morgan fingerprint density at radius 3 is 2.56 bits per heavy atom. The summed E-state index contributed by atoms with van der Waals surface area (Å²) in [6.07, 6.45) is 2.31. The van der Waals surface area contributed by atoms with E-state index in [0.717, 1.165) is 16.9 Å². The van der Waals surface area contributed by atoms with Gasteiger partial charge < -0.3 is 15.2 Å². The van der Waals surface area contributed by atoms with Crippen LogP contribution in [-0.2, 0) is 20.8 Å². The first-order valence-electron chi connectivity index (χ1n) is 9.55. The van der Waals surface area contributed by atoms with Crippen LogP contribution in [0, 0.1) is 0 Å². The molecule has 2 aromatic carbocycles. The lowest BCUT2D eigenvalue weighted by atomic mass is 10.1. The van der Waals surface area contributed by atoms with Crippen LogP contribution in [0.1, 0.15) is 18.1 Å². The first kappa shape index (κ1) is 23.6. The summed E-state index contributed by atoms with van der Waals surface area (Å²) >= 11 is 4.01. The van der Waals surface area contributed by atoms with Gasteiger partial charge in [0.2, 0.25) is 5.91 Å². The number of hydrogen-bond acceptors (Lipinski definition) is 6. The van der Waals surface area contributed by atoms with E-state index in [0.29, 0.717) is 27.5 Å². The van der Waals surface area contributed by atoms with Crippen molar-refractivity contribution < 1.29 is 29.0 Å². The van der Waals surface area contributed by atoms with Crippen LogP contribution in [0.25, 0.3) is 6.08 Å². The number of aliphatic carboxylic acids is 1. The van der Waals surface area contributed by atoms with Gasteiger partial charge in [-0.1, -0.05) is 35.0 Å². The number of carbonyl (C=O) groups excluding carboxylic acids is 3. The molecule has 0 unspecified atom stereocenters. The van der Waals surface area contributed by atoms with Crippen molar-refractivity contribution in [2.45, 2.75) is 13.3 Å². The topological polar surface area (TPSA) is 113 Å². The summed E-state index contributed by atoms with van der Waals surface area (Å²) < 4.78 is 5.93. The van der Waals surface area contributed by atoms with Crippen molar-refractivity contribution in [3.8, 4) is 5.75 Å². The van der Waals surface area contributed by atoms with Crippen molar-refractivity contribution in [2.24, 2.45) is 0 Å². The van der Waals surface area contributed by atoms with Gasteiger partial charge in [0.15, 0.2) is 6.61 Å². The highest BCUT2D eigenvalue weighted by atomic mass is 79.9. The van der Waals surface area contributed by atoms with Crippen molar-refractivity contribution in [3.63, 3.8) is 0 Å². The van der Waals surface area contributed by atoms with Crippen LogP contribution in [0.4, 0.5) is 10.5 Å². The number of nitrogens with one attached hydrogen (secondary N) is 1. The Hall–Kier alpha value is -3.11. The highest BCUT2D eigenvalue weighted by molar-refractivity contribution is 9.10. The van der Waals surface area contributed by atoms with Crippen LogP contribution in [0.5, 0.6) is 5.75 Å². The highest BCUT2D eigenvalue weighted by Gasteiger charge is 2.36. The molecule has 1 saturated heterocycles. The molecule has 32 heavy (non-hydrogen) atoms. The molecule has 0 aromatic heterocycles. The predicted molar refractivity (Wildman–Crippen MR) is 124 cm³/mol. The predicted octanol–water partition coefficient (Wildman–Crippen LogP) is 4.15. The van der Waals surface area contributed by atoms with Gasteiger partial charge in [0.1, 0.15) is 12.3 Å². The summed E-state index contributed by atoms with van der Waals surface area (Å²) in [7, 11) is 0. The fraction of sp³-hybridized carbons (Fsp3) is 0.182. The second-order valence-corrected chi connectivity index (χ2v) is 8.64. The molecule has 0 bridgehead atoms. The van der Waals surface area contributed by atoms with E-state index in [1.165, 1.54) is 6.08 Å². The number of nitrogens with zero attached hydrogens (tertiary/aromatic N) is 1. The van der Waals surface area contributed by atoms with E-state index in [1.54, 1.807) is 30.3 Å². The van der Waals surface area contributed by atoms with Gasteiger partial charge in [-0.25, -0.2) is 4.79 Å². The van der Waals surface area contributed by atoms with Crippen LogP contribution < -0.4 is 10.1 Å². The number of carboxylic acid groups (broad SMARTS) is 1. The number of carboxylic acids is 1. The third-order valence-electron chi connectivity index (χ3n) is 4.43. The van der Waals surface area contributed by atoms with Gasteiger partial charge in [0.05, 0.1) is 4.91 Å². The van der Waals surface area contributed by atoms with Gasteiger partial charge in [0.25, 0.3) is 11.1 Å². The molecule has 0 aliphatic carbocycles. The van der Waals surface area contributed by atoms with Gasteiger partial charge in [0, 0.05) is 15.7 Å². The number of rotatable bonds is 8. The number of halogens is 1. The third kappa shape index (κ3) is 5.98. The van der Waals surface area contributed by atoms with Crippen molar-refractivity contribution in [3.05, 3.63) is 63.0 Å². The van der Waals surface area contributed by atoms with Crippen molar-refractivity contribution in [2.75, 3.05) is 18.5 Å². The molecule has 1 heterocycles. The molecule has 166 valence electrons. The van der Waals surface area contributed by atoms with E-state index in [9.17, 15) is 19.2 Å². The minimum Gasteiger partial charge on any atom is -0.481 e. The Balaban J connectivity index is 1.72. The lowest BCUT2D eigenvalue weighted by molar-refractivity contribution is -0.139. The van der Waals surface area contributed by atoms with Gasteiger partial charge in [-0.15, -0.1) is 0 Å². The van der Waals surface area contributed by atoms with Crippen molar-refractivity contribution in [1.29, 1.82) is 0 Å². The fourth-order valence-electron chi connectivity index (χ4n) is 2.85. The number of anilines is 1. The van der Waals surface area contributed by atoms with Crippen molar-refractivity contribution >= 4 is 62.5 Å². The molecule has 0 radical (unpaired) electrons. The Kier molecular flexibility index (Phi) is 7.70. The molecule has 0 saturated carbocycles. The summed E-state index contributed by atoms with van der Waals surface area (Å²) in [4.78, 5) is 49.2. The second kappa shape index (κ2) is 10.5. The number of hydrogen-bond donors (Lipinski definition) is 2. The molecule has 2 N–H and O–H groups in total. The Bertz CT molecular complexity index is 1100. The number of amides is 3. The zero-order chi connectivity index (χ0) is 23.3. The number of aryl methyl sites for hydroxylation is 1. The van der Waals surface area contributed by atoms with Crippen LogP contribution in [0.3, 0.4) is 0 Å². The van der Waals surface area contributed by atoms with Gasteiger partial charge in [-0.05, 0) is 60.2 Å². The fourth-order valence-corrected chi connectivity index (χ4v) is 4.06. The monoisotopic (exact) mass is 518 g/mol. The second-order valence-electron chi connectivity index (χ2n) is 6.73. The normalized spacial score (nSPS) is 14.7. The summed E-state index contributed by atoms with van der Waals surface area (Å²) in [6, 6.07) is 12.2. The van der Waals surface area contributed by atoms with E-state index in [-0.39, 0.29) is 10.7 Å². The molecule has 0 atom stereocenters. The van der Waals surface area contributed by atoms with Gasteiger partial charge in [-0.2, -0.15) is 0 Å². The number of carbonyl (C=O) groups is 4. The van der Waals surface area contributed by atoms with E-state index < -0.39 is 36.2 Å². The van der Waals surface area contributed by atoms with E-state index >= 15 is 0 Å². The summed E-state index contributed by atoms with van der Waals surface area (Å²) in [5.74, 6) is -2.00. The molecule has 1 aliphatic heterocycles. The van der Waals surface area contributed by atoms with Crippen LogP contribution in [-0.4, -0.2) is 46.2 Å². The average Bonchev–Trinajstić information content (AvgIpc) is 3.01. The molecule has 2 aromatic rings. The first-order valence-corrected chi connectivity index (χ1v) is 11.2. The minimum atomic E-state index is -1.14. The number of benzene rings is 2. The average molecular weight is 519 g/mol. The summed E-state index contributed by atoms with van der Waals surface area (Å²) in [5.41, 5.74) is 2.12. The molecule has 3 rings (SSSR count). The van der Waals surface area contributed by atoms with E-state index in [4.69, 9.17) is 9.84 Å².